The molecule has 0 spiro atoms. The van der Waals surface area contributed by atoms with Crippen LogP contribution in [0.4, 0.5) is 0 Å². The summed E-state index contributed by atoms with van der Waals surface area (Å²) in [5.74, 6) is 1.35. The molecule has 0 aromatic heterocycles. The van der Waals surface area contributed by atoms with Crippen molar-refractivity contribution in [1.82, 2.24) is 10.2 Å². The van der Waals surface area contributed by atoms with Crippen molar-refractivity contribution in [2.75, 3.05) is 19.8 Å². The lowest BCUT2D eigenvalue weighted by atomic mass is 10.0. The molecule has 3 rings (SSSR count). The molecular weight excluding hydrogens is 404 g/mol. The van der Waals surface area contributed by atoms with Gasteiger partial charge in [0.15, 0.2) is 11.5 Å². The van der Waals surface area contributed by atoms with Gasteiger partial charge in [-0.1, -0.05) is 49.7 Å². The summed E-state index contributed by atoms with van der Waals surface area (Å²) in [5.41, 5.74) is 3.20. The lowest BCUT2D eigenvalue weighted by molar-refractivity contribution is -0.141. The van der Waals surface area contributed by atoms with Gasteiger partial charge >= 0.3 is 0 Å². The summed E-state index contributed by atoms with van der Waals surface area (Å²) in [4.78, 5) is 27.9. The molecule has 0 saturated heterocycles. The van der Waals surface area contributed by atoms with E-state index in [1.165, 1.54) is 0 Å². The Labute approximate surface area is 190 Å². The number of hydrogen-bond acceptors (Lipinski definition) is 4. The molecule has 0 saturated carbocycles. The fourth-order valence-corrected chi connectivity index (χ4v) is 3.81. The van der Waals surface area contributed by atoms with Gasteiger partial charge in [0.1, 0.15) is 19.3 Å². The number of amides is 2. The molecule has 32 heavy (non-hydrogen) atoms. The van der Waals surface area contributed by atoms with Gasteiger partial charge in [-0.2, -0.15) is 0 Å². The molecular formula is C26H34N2O4. The zero-order valence-corrected chi connectivity index (χ0v) is 19.4. The zero-order chi connectivity index (χ0) is 22.9. The Morgan fingerprint density at radius 3 is 2.38 bits per heavy atom. The molecule has 0 aliphatic carbocycles. The number of benzene rings is 2. The van der Waals surface area contributed by atoms with Crippen LogP contribution >= 0.6 is 0 Å². The summed E-state index contributed by atoms with van der Waals surface area (Å²) in [6.07, 6.45) is 2.32. The number of nitrogens with zero attached hydrogens (tertiary/aromatic N) is 1. The SMILES string of the molecule is CCCNC(=O)[C@H](CC)N(Cc1ccc(C)cc1)C(=O)CCc1ccc2c(c1)OCCO2. The van der Waals surface area contributed by atoms with E-state index in [1.807, 2.05) is 63.2 Å². The number of carbonyl (C=O) groups excluding carboxylic acids is 2. The summed E-state index contributed by atoms with van der Waals surface area (Å²) < 4.78 is 11.2. The van der Waals surface area contributed by atoms with Crippen molar-refractivity contribution in [2.24, 2.45) is 0 Å². The Morgan fingerprint density at radius 1 is 1.00 bits per heavy atom. The van der Waals surface area contributed by atoms with Gasteiger partial charge in [-0.3, -0.25) is 9.59 Å². The van der Waals surface area contributed by atoms with Crippen LogP contribution < -0.4 is 14.8 Å². The summed E-state index contributed by atoms with van der Waals surface area (Å²) in [6, 6.07) is 13.4. The Hall–Kier alpha value is -3.02. The molecule has 2 aromatic carbocycles. The van der Waals surface area contributed by atoms with Crippen molar-refractivity contribution in [3.8, 4) is 11.5 Å². The van der Waals surface area contributed by atoms with Crippen LogP contribution in [0.5, 0.6) is 11.5 Å². The van der Waals surface area contributed by atoms with Crippen LogP contribution in [0.15, 0.2) is 42.5 Å². The number of nitrogens with one attached hydrogen (secondary N) is 1. The smallest absolute Gasteiger partial charge is 0.242 e. The Bertz CT molecular complexity index is 911. The summed E-state index contributed by atoms with van der Waals surface area (Å²) in [6.45, 7) is 8.11. The quantitative estimate of drug-likeness (QED) is 0.608. The fourth-order valence-electron chi connectivity index (χ4n) is 3.81. The zero-order valence-electron chi connectivity index (χ0n) is 19.4. The van der Waals surface area contributed by atoms with Crippen molar-refractivity contribution < 1.29 is 19.1 Å². The highest BCUT2D eigenvalue weighted by Crippen LogP contribution is 2.31. The van der Waals surface area contributed by atoms with Crippen molar-refractivity contribution in [1.29, 1.82) is 0 Å². The van der Waals surface area contributed by atoms with Gasteiger partial charge in [0, 0.05) is 19.5 Å². The second kappa shape index (κ2) is 11.6. The average molecular weight is 439 g/mol. The molecule has 1 atom stereocenters. The molecule has 0 fully saturated rings. The summed E-state index contributed by atoms with van der Waals surface area (Å²) >= 11 is 0. The van der Waals surface area contributed by atoms with Gasteiger partial charge in [-0.05, 0) is 49.4 Å². The second-order valence-electron chi connectivity index (χ2n) is 8.20. The topological polar surface area (TPSA) is 67.9 Å². The lowest BCUT2D eigenvalue weighted by Crippen LogP contribution is -2.49. The first kappa shape index (κ1) is 23.6. The maximum absolute atomic E-state index is 13.3. The number of fused-ring (bicyclic) bond motifs is 1. The molecule has 172 valence electrons. The monoisotopic (exact) mass is 438 g/mol. The van der Waals surface area contributed by atoms with E-state index in [2.05, 4.69) is 5.32 Å². The van der Waals surface area contributed by atoms with Crippen molar-refractivity contribution in [3.63, 3.8) is 0 Å². The Morgan fingerprint density at radius 2 is 1.69 bits per heavy atom. The average Bonchev–Trinajstić information content (AvgIpc) is 2.82. The first-order chi connectivity index (χ1) is 15.5. The van der Waals surface area contributed by atoms with Gasteiger partial charge in [0.2, 0.25) is 11.8 Å². The van der Waals surface area contributed by atoms with E-state index in [0.29, 0.717) is 45.6 Å². The first-order valence-electron chi connectivity index (χ1n) is 11.5. The lowest BCUT2D eigenvalue weighted by Gasteiger charge is -2.31. The van der Waals surface area contributed by atoms with Crippen LogP contribution in [-0.2, 0) is 22.6 Å². The van der Waals surface area contributed by atoms with Crippen LogP contribution in [-0.4, -0.2) is 42.5 Å². The van der Waals surface area contributed by atoms with Gasteiger partial charge < -0.3 is 19.7 Å². The highest BCUT2D eigenvalue weighted by molar-refractivity contribution is 5.87. The first-order valence-corrected chi connectivity index (χ1v) is 11.5. The molecule has 1 aliphatic rings. The standard InChI is InChI=1S/C26H34N2O4/c1-4-14-27-26(30)22(5-2)28(18-21-8-6-19(3)7-9-21)25(29)13-11-20-10-12-23-24(17-20)32-16-15-31-23/h6-10,12,17,22H,4-5,11,13-16,18H2,1-3H3,(H,27,30)/t22-/m0/s1. The maximum Gasteiger partial charge on any atom is 0.242 e. The van der Waals surface area contributed by atoms with Crippen LogP contribution in [0.1, 0.15) is 49.8 Å². The molecule has 6 nitrogen and oxygen atoms in total. The molecule has 2 aromatic rings. The number of aryl methyl sites for hydroxylation is 2. The molecule has 1 heterocycles. The van der Waals surface area contributed by atoms with E-state index in [9.17, 15) is 9.59 Å². The van der Waals surface area contributed by atoms with Crippen LogP contribution in [0.25, 0.3) is 0 Å². The number of rotatable bonds is 10. The minimum absolute atomic E-state index is 0.0287. The van der Waals surface area contributed by atoms with Crippen LogP contribution in [0.3, 0.4) is 0 Å². The van der Waals surface area contributed by atoms with E-state index in [4.69, 9.17) is 9.47 Å². The van der Waals surface area contributed by atoms with Gasteiger partial charge in [0.05, 0.1) is 0 Å². The third-order valence-corrected chi connectivity index (χ3v) is 5.64. The normalized spacial score (nSPS) is 13.3. The van der Waals surface area contributed by atoms with Crippen LogP contribution in [0, 0.1) is 6.92 Å². The Kier molecular flexibility index (Phi) is 8.54. The minimum Gasteiger partial charge on any atom is -0.486 e. The highest BCUT2D eigenvalue weighted by Gasteiger charge is 2.28. The molecule has 2 amide bonds. The number of ether oxygens (including phenoxy) is 2. The van der Waals surface area contributed by atoms with E-state index in [0.717, 1.165) is 34.6 Å². The van der Waals surface area contributed by atoms with Gasteiger partial charge in [-0.15, -0.1) is 0 Å². The number of carbonyl (C=O) groups is 2. The third kappa shape index (κ3) is 6.25. The largest absolute Gasteiger partial charge is 0.486 e. The third-order valence-electron chi connectivity index (χ3n) is 5.64. The summed E-state index contributed by atoms with van der Waals surface area (Å²) in [5, 5.41) is 2.96. The van der Waals surface area contributed by atoms with E-state index < -0.39 is 6.04 Å². The second-order valence-corrected chi connectivity index (χ2v) is 8.20. The van der Waals surface area contributed by atoms with Crippen molar-refractivity contribution in [2.45, 2.75) is 59.0 Å². The molecule has 0 bridgehead atoms. The molecule has 1 N–H and O–H groups in total. The van der Waals surface area contributed by atoms with Crippen molar-refractivity contribution >= 4 is 11.8 Å². The summed E-state index contributed by atoms with van der Waals surface area (Å²) in [7, 11) is 0. The van der Waals surface area contributed by atoms with E-state index in [1.54, 1.807) is 4.90 Å². The predicted molar refractivity (Wildman–Crippen MR) is 125 cm³/mol. The molecule has 6 heteroatoms. The Balaban J connectivity index is 1.73. The van der Waals surface area contributed by atoms with Gasteiger partial charge in [-0.25, -0.2) is 0 Å². The predicted octanol–water partition coefficient (Wildman–Crippen LogP) is 4.03. The minimum atomic E-state index is -0.490. The van der Waals surface area contributed by atoms with Gasteiger partial charge in [0.25, 0.3) is 0 Å². The van der Waals surface area contributed by atoms with Crippen LogP contribution in [0.2, 0.25) is 0 Å². The highest BCUT2D eigenvalue weighted by atomic mass is 16.6. The van der Waals surface area contributed by atoms with Crippen molar-refractivity contribution in [3.05, 3.63) is 59.2 Å². The molecule has 0 radical (unpaired) electrons. The maximum atomic E-state index is 13.3. The van der Waals surface area contributed by atoms with E-state index >= 15 is 0 Å². The van der Waals surface area contributed by atoms with E-state index in [-0.39, 0.29) is 11.8 Å². The number of hydrogen-bond donors (Lipinski definition) is 1. The fraction of sp³-hybridized carbons (Fsp3) is 0.462. The molecule has 1 aliphatic heterocycles. The molecule has 0 unspecified atom stereocenters.